The van der Waals surface area contributed by atoms with Gasteiger partial charge < -0.3 is 20.3 Å². The highest BCUT2D eigenvalue weighted by Crippen LogP contribution is 2.17. The molecule has 0 aliphatic heterocycles. The zero-order valence-electron chi connectivity index (χ0n) is 15.1. The molecule has 0 saturated heterocycles. The van der Waals surface area contributed by atoms with Gasteiger partial charge in [0.05, 0.1) is 18.5 Å². The monoisotopic (exact) mass is 344 g/mol. The van der Waals surface area contributed by atoms with Gasteiger partial charge in [0.25, 0.3) is 0 Å². The number of carbonyl (C=O) groups excluding carboxylic acids is 1. The fraction of sp³-hybridized carbons (Fsp3) is 0.474. The average Bonchev–Trinajstić information content (AvgIpc) is 3.16. The molecular formula is C19H28N4O2. The molecule has 2 amide bonds. The summed E-state index contributed by atoms with van der Waals surface area (Å²) in [4.78, 5) is 16.1. The van der Waals surface area contributed by atoms with E-state index in [4.69, 9.17) is 0 Å². The number of carbonyl (C=O) groups is 1. The van der Waals surface area contributed by atoms with Crippen molar-refractivity contribution in [2.45, 2.75) is 45.8 Å². The number of nitrogens with one attached hydrogen (secondary N) is 2. The van der Waals surface area contributed by atoms with Crippen molar-refractivity contribution in [3.63, 3.8) is 0 Å². The number of urea groups is 1. The molecule has 3 N–H and O–H groups in total. The Balaban J connectivity index is 1.90. The first kappa shape index (κ1) is 19.0. The third kappa shape index (κ3) is 5.32. The molecule has 2 rings (SSSR count). The van der Waals surface area contributed by atoms with Gasteiger partial charge in [-0.2, -0.15) is 0 Å². The van der Waals surface area contributed by atoms with Crippen LogP contribution < -0.4 is 10.6 Å². The SMILES string of the molecule is CCC(CC)C(O)CNC(=O)NC(C)c1cccc(-n2ccnc2)c1. The maximum Gasteiger partial charge on any atom is 0.315 e. The van der Waals surface area contributed by atoms with Crippen LogP contribution in [0.3, 0.4) is 0 Å². The van der Waals surface area contributed by atoms with E-state index in [1.807, 2.05) is 55.8 Å². The van der Waals surface area contributed by atoms with Crippen molar-refractivity contribution in [3.05, 3.63) is 48.5 Å². The van der Waals surface area contributed by atoms with Gasteiger partial charge in [-0.1, -0.05) is 38.8 Å². The molecule has 2 aromatic rings. The molecule has 2 atom stereocenters. The second kappa shape index (κ2) is 9.22. The predicted molar refractivity (Wildman–Crippen MR) is 98.6 cm³/mol. The number of hydrogen-bond donors (Lipinski definition) is 3. The van der Waals surface area contributed by atoms with E-state index in [0.29, 0.717) is 0 Å². The van der Waals surface area contributed by atoms with Crippen molar-refractivity contribution in [1.82, 2.24) is 20.2 Å². The Morgan fingerprint density at radius 2 is 2.08 bits per heavy atom. The summed E-state index contributed by atoms with van der Waals surface area (Å²) in [6.07, 6.45) is 6.64. The molecular weight excluding hydrogens is 316 g/mol. The molecule has 1 aromatic carbocycles. The smallest absolute Gasteiger partial charge is 0.315 e. The number of aliphatic hydroxyl groups is 1. The Labute approximate surface area is 149 Å². The van der Waals surface area contributed by atoms with Gasteiger partial charge in [0.15, 0.2) is 0 Å². The zero-order valence-corrected chi connectivity index (χ0v) is 15.1. The number of hydrogen-bond acceptors (Lipinski definition) is 3. The summed E-state index contributed by atoms with van der Waals surface area (Å²) in [7, 11) is 0. The molecule has 2 unspecified atom stereocenters. The van der Waals surface area contributed by atoms with E-state index in [9.17, 15) is 9.90 Å². The van der Waals surface area contributed by atoms with Gasteiger partial charge in [-0.3, -0.25) is 0 Å². The van der Waals surface area contributed by atoms with Crippen LogP contribution in [0.15, 0.2) is 43.0 Å². The number of amides is 2. The summed E-state index contributed by atoms with van der Waals surface area (Å²) >= 11 is 0. The highest BCUT2D eigenvalue weighted by Gasteiger charge is 2.17. The van der Waals surface area contributed by atoms with Crippen LogP contribution in [-0.4, -0.2) is 33.3 Å². The number of aromatic nitrogens is 2. The van der Waals surface area contributed by atoms with Crippen LogP contribution in [0.1, 0.15) is 45.2 Å². The molecule has 0 saturated carbocycles. The lowest BCUT2D eigenvalue weighted by Gasteiger charge is -2.21. The average molecular weight is 344 g/mol. The number of imidazole rings is 1. The lowest BCUT2D eigenvalue weighted by molar-refractivity contribution is 0.103. The Kier molecular flexibility index (Phi) is 7.01. The second-order valence-corrected chi connectivity index (χ2v) is 6.28. The Morgan fingerprint density at radius 1 is 1.32 bits per heavy atom. The summed E-state index contributed by atoms with van der Waals surface area (Å²) < 4.78 is 1.92. The van der Waals surface area contributed by atoms with E-state index in [1.165, 1.54) is 0 Å². The second-order valence-electron chi connectivity index (χ2n) is 6.28. The fourth-order valence-electron chi connectivity index (χ4n) is 2.89. The van der Waals surface area contributed by atoms with Crippen LogP contribution in [0.2, 0.25) is 0 Å². The van der Waals surface area contributed by atoms with E-state index in [2.05, 4.69) is 15.6 Å². The van der Waals surface area contributed by atoms with Gasteiger partial charge in [-0.25, -0.2) is 9.78 Å². The van der Waals surface area contributed by atoms with Gasteiger partial charge in [-0.05, 0) is 30.5 Å². The third-order valence-electron chi connectivity index (χ3n) is 4.59. The maximum absolute atomic E-state index is 12.1. The minimum absolute atomic E-state index is 0.145. The summed E-state index contributed by atoms with van der Waals surface area (Å²) in [5.41, 5.74) is 2.00. The Bertz CT molecular complexity index is 653. The molecule has 1 aromatic heterocycles. The zero-order chi connectivity index (χ0) is 18.2. The van der Waals surface area contributed by atoms with Crippen LogP contribution in [0.4, 0.5) is 4.79 Å². The Hall–Kier alpha value is -2.34. The lowest BCUT2D eigenvalue weighted by Crippen LogP contribution is -2.42. The number of rotatable bonds is 8. The summed E-state index contributed by atoms with van der Waals surface area (Å²) in [5, 5.41) is 15.8. The van der Waals surface area contributed by atoms with Crippen molar-refractivity contribution in [3.8, 4) is 5.69 Å². The minimum Gasteiger partial charge on any atom is -0.391 e. The molecule has 0 spiro atoms. The largest absolute Gasteiger partial charge is 0.391 e. The summed E-state index contributed by atoms with van der Waals surface area (Å²) in [5.74, 6) is 0.213. The first-order valence-corrected chi connectivity index (χ1v) is 8.85. The lowest BCUT2D eigenvalue weighted by atomic mass is 9.97. The van der Waals surface area contributed by atoms with E-state index < -0.39 is 6.10 Å². The van der Waals surface area contributed by atoms with Crippen molar-refractivity contribution in [1.29, 1.82) is 0 Å². The molecule has 0 fully saturated rings. The number of nitrogens with zero attached hydrogens (tertiary/aromatic N) is 2. The number of aliphatic hydroxyl groups excluding tert-OH is 1. The van der Waals surface area contributed by atoms with Gasteiger partial charge in [0.2, 0.25) is 0 Å². The molecule has 25 heavy (non-hydrogen) atoms. The molecule has 0 aliphatic carbocycles. The van der Waals surface area contributed by atoms with Crippen LogP contribution in [0.25, 0.3) is 5.69 Å². The maximum atomic E-state index is 12.1. The van der Waals surface area contributed by atoms with Crippen LogP contribution in [0.5, 0.6) is 0 Å². The molecule has 0 bridgehead atoms. The topological polar surface area (TPSA) is 79.2 Å². The molecule has 0 radical (unpaired) electrons. The van der Waals surface area contributed by atoms with Gasteiger partial charge in [0.1, 0.15) is 0 Å². The van der Waals surface area contributed by atoms with Crippen molar-refractivity contribution >= 4 is 6.03 Å². The first-order valence-electron chi connectivity index (χ1n) is 8.85. The Morgan fingerprint density at radius 3 is 2.72 bits per heavy atom. The summed E-state index contributed by atoms with van der Waals surface area (Å²) in [6.45, 7) is 6.30. The van der Waals surface area contributed by atoms with Gasteiger partial charge in [-0.15, -0.1) is 0 Å². The van der Waals surface area contributed by atoms with Crippen LogP contribution in [0, 0.1) is 5.92 Å². The van der Waals surface area contributed by atoms with Gasteiger partial charge in [0, 0.05) is 24.6 Å². The standard InChI is InChI=1S/C19H28N4O2/c1-4-15(5-2)18(24)12-21-19(25)22-14(3)16-7-6-8-17(11-16)23-10-9-20-13-23/h6-11,13-15,18,24H,4-5,12H2,1-3H3,(H2,21,22,25). The highest BCUT2D eigenvalue weighted by molar-refractivity contribution is 5.74. The fourth-order valence-corrected chi connectivity index (χ4v) is 2.89. The van der Waals surface area contributed by atoms with Gasteiger partial charge >= 0.3 is 6.03 Å². The predicted octanol–water partition coefficient (Wildman–Crippen LogP) is 3.03. The quantitative estimate of drug-likeness (QED) is 0.689. The molecule has 6 heteroatoms. The first-order chi connectivity index (χ1) is 12.0. The van der Waals surface area contributed by atoms with Crippen molar-refractivity contribution in [2.24, 2.45) is 5.92 Å². The van der Waals surface area contributed by atoms with E-state index in [1.54, 1.807) is 12.5 Å². The molecule has 6 nitrogen and oxygen atoms in total. The van der Waals surface area contributed by atoms with E-state index in [-0.39, 0.29) is 24.5 Å². The molecule has 136 valence electrons. The van der Waals surface area contributed by atoms with Crippen molar-refractivity contribution < 1.29 is 9.90 Å². The van der Waals surface area contributed by atoms with E-state index in [0.717, 1.165) is 24.1 Å². The highest BCUT2D eigenvalue weighted by atomic mass is 16.3. The third-order valence-corrected chi connectivity index (χ3v) is 4.59. The molecule has 0 aliphatic rings. The summed E-state index contributed by atoms with van der Waals surface area (Å²) in [6, 6.07) is 7.52. The van der Waals surface area contributed by atoms with Crippen LogP contribution in [-0.2, 0) is 0 Å². The van der Waals surface area contributed by atoms with Crippen molar-refractivity contribution in [2.75, 3.05) is 6.54 Å². The molecule has 1 heterocycles. The number of benzene rings is 1. The van der Waals surface area contributed by atoms with Crippen LogP contribution >= 0.6 is 0 Å². The van der Waals surface area contributed by atoms with E-state index >= 15 is 0 Å². The normalized spacial score (nSPS) is 13.5. The minimum atomic E-state index is -0.513.